The quantitative estimate of drug-likeness (QED) is 0.736. The van der Waals surface area contributed by atoms with Crippen LogP contribution in [0.3, 0.4) is 0 Å². The molecule has 0 bridgehead atoms. The first kappa shape index (κ1) is 14.2. The molecule has 1 aromatic rings. The second-order valence-corrected chi connectivity index (χ2v) is 4.82. The molecular weight excluding hydrogens is 278 g/mol. The number of alkyl halides is 1. The molecule has 0 radical (unpaired) electrons. The van der Waals surface area contributed by atoms with E-state index >= 15 is 0 Å². The van der Waals surface area contributed by atoms with Gasteiger partial charge in [-0.05, 0) is 30.5 Å². The second kappa shape index (κ2) is 7.49. The number of aryl methyl sites for hydroxylation is 1. The van der Waals surface area contributed by atoms with E-state index in [0.29, 0.717) is 0 Å². The van der Waals surface area contributed by atoms with Crippen LogP contribution < -0.4 is 0 Å². The lowest BCUT2D eigenvalue weighted by molar-refractivity contribution is 0.0766. The van der Waals surface area contributed by atoms with Gasteiger partial charge in [0.15, 0.2) is 0 Å². The van der Waals surface area contributed by atoms with E-state index in [1.807, 2.05) is 29.2 Å². The van der Waals surface area contributed by atoms with Crippen LogP contribution in [0.2, 0.25) is 0 Å². The van der Waals surface area contributed by atoms with E-state index in [2.05, 4.69) is 29.8 Å². The van der Waals surface area contributed by atoms with Crippen LogP contribution in [0.15, 0.2) is 24.3 Å². The van der Waals surface area contributed by atoms with Crippen molar-refractivity contribution in [2.75, 3.05) is 18.4 Å². The highest BCUT2D eigenvalue weighted by molar-refractivity contribution is 9.09. The summed E-state index contributed by atoms with van der Waals surface area (Å²) in [6.07, 6.45) is 2.00. The van der Waals surface area contributed by atoms with E-state index < -0.39 is 0 Å². The minimum atomic E-state index is 0.133. The molecule has 94 valence electrons. The van der Waals surface area contributed by atoms with Crippen molar-refractivity contribution in [3.8, 4) is 0 Å². The van der Waals surface area contributed by atoms with Crippen molar-refractivity contribution >= 4 is 21.8 Å². The fourth-order valence-electron chi connectivity index (χ4n) is 1.75. The standard InChI is InChI=1S/C14H20BrNO/c1-3-10-16(11-9-15)14(17)13-7-5-12(4-2)6-8-13/h5-8H,3-4,9-11H2,1-2H3. The summed E-state index contributed by atoms with van der Waals surface area (Å²) in [5.41, 5.74) is 2.06. The molecule has 2 nitrogen and oxygen atoms in total. The summed E-state index contributed by atoms with van der Waals surface area (Å²) in [7, 11) is 0. The first-order valence-electron chi connectivity index (χ1n) is 6.17. The third-order valence-electron chi connectivity index (χ3n) is 2.74. The highest BCUT2D eigenvalue weighted by atomic mass is 79.9. The fraction of sp³-hybridized carbons (Fsp3) is 0.500. The first-order valence-corrected chi connectivity index (χ1v) is 7.29. The maximum Gasteiger partial charge on any atom is 0.253 e. The van der Waals surface area contributed by atoms with E-state index in [0.717, 1.165) is 36.8 Å². The Balaban J connectivity index is 2.77. The summed E-state index contributed by atoms with van der Waals surface area (Å²) < 4.78 is 0. The number of rotatable bonds is 6. The van der Waals surface area contributed by atoms with Crippen molar-refractivity contribution in [1.82, 2.24) is 4.90 Å². The summed E-state index contributed by atoms with van der Waals surface area (Å²) >= 11 is 3.39. The molecule has 0 saturated heterocycles. The monoisotopic (exact) mass is 297 g/mol. The second-order valence-electron chi connectivity index (χ2n) is 4.03. The molecule has 0 saturated carbocycles. The number of nitrogens with zero attached hydrogens (tertiary/aromatic N) is 1. The average Bonchev–Trinajstić information content (AvgIpc) is 2.38. The molecule has 0 spiro atoms. The van der Waals surface area contributed by atoms with Gasteiger partial charge in [-0.25, -0.2) is 0 Å². The molecule has 1 amide bonds. The van der Waals surface area contributed by atoms with Gasteiger partial charge in [-0.2, -0.15) is 0 Å². The lowest BCUT2D eigenvalue weighted by atomic mass is 10.1. The summed E-state index contributed by atoms with van der Waals surface area (Å²) in [6, 6.07) is 7.92. The third kappa shape index (κ3) is 4.15. The first-order chi connectivity index (χ1) is 8.22. The maximum atomic E-state index is 12.2. The van der Waals surface area contributed by atoms with Gasteiger partial charge in [0.05, 0.1) is 0 Å². The summed E-state index contributed by atoms with van der Waals surface area (Å²) in [4.78, 5) is 14.1. The Morgan fingerprint density at radius 1 is 1.18 bits per heavy atom. The topological polar surface area (TPSA) is 20.3 Å². The van der Waals surface area contributed by atoms with Gasteiger partial charge in [0.2, 0.25) is 0 Å². The molecule has 0 aliphatic heterocycles. The van der Waals surface area contributed by atoms with Crippen molar-refractivity contribution in [2.45, 2.75) is 26.7 Å². The zero-order valence-electron chi connectivity index (χ0n) is 10.6. The predicted octanol–water partition coefficient (Wildman–Crippen LogP) is 3.50. The van der Waals surface area contributed by atoms with Crippen molar-refractivity contribution in [3.63, 3.8) is 0 Å². The van der Waals surface area contributed by atoms with Gasteiger partial charge in [-0.3, -0.25) is 4.79 Å². The van der Waals surface area contributed by atoms with Gasteiger partial charge in [-0.15, -0.1) is 0 Å². The largest absolute Gasteiger partial charge is 0.338 e. The molecule has 0 aliphatic rings. The lowest BCUT2D eigenvalue weighted by Gasteiger charge is -2.21. The van der Waals surface area contributed by atoms with Crippen LogP contribution in [0.25, 0.3) is 0 Å². The zero-order chi connectivity index (χ0) is 12.7. The van der Waals surface area contributed by atoms with Crippen LogP contribution >= 0.6 is 15.9 Å². The highest BCUT2D eigenvalue weighted by Gasteiger charge is 2.13. The van der Waals surface area contributed by atoms with Crippen LogP contribution in [0.1, 0.15) is 36.2 Å². The molecule has 0 fully saturated rings. The van der Waals surface area contributed by atoms with Crippen molar-refractivity contribution in [1.29, 1.82) is 0 Å². The molecule has 0 atom stereocenters. The van der Waals surface area contributed by atoms with Crippen LogP contribution in [0.4, 0.5) is 0 Å². The van der Waals surface area contributed by atoms with Gasteiger partial charge in [0, 0.05) is 24.0 Å². The number of carbonyl (C=O) groups is 1. The summed E-state index contributed by atoms with van der Waals surface area (Å²) in [5, 5.41) is 0.825. The number of halogens is 1. The Kier molecular flexibility index (Phi) is 6.27. The molecule has 0 aromatic heterocycles. The molecule has 17 heavy (non-hydrogen) atoms. The number of benzene rings is 1. The van der Waals surface area contributed by atoms with E-state index in [1.54, 1.807) is 0 Å². The highest BCUT2D eigenvalue weighted by Crippen LogP contribution is 2.09. The number of amides is 1. The normalized spacial score (nSPS) is 10.3. The lowest BCUT2D eigenvalue weighted by Crippen LogP contribution is -2.33. The SMILES string of the molecule is CCCN(CCBr)C(=O)c1ccc(CC)cc1. The summed E-state index contributed by atoms with van der Waals surface area (Å²) in [6.45, 7) is 5.79. The van der Waals surface area contributed by atoms with E-state index in [4.69, 9.17) is 0 Å². The summed E-state index contributed by atoms with van der Waals surface area (Å²) in [5.74, 6) is 0.133. The van der Waals surface area contributed by atoms with Gasteiger partial charge in [0.1, 0.15) is 0 Å². The van der Waals surface area contributed by atoms with Crippen molar-refractivity contribution < 1.29 is 4.79 Å². The number of hydrogen-bond acceptors (Lipinski definition) is 1. The Labute approximate surface area is 112 Å². The molecular formula is C14H20BrNO. The van der Waals surface area contributed by atoms with Gasteiger partial charge >= 0.3 is 0 Å². The Hall–Kier alpha value is -0.830. The molecule has 0 heterocycles. The predicted molar refractivity (Wildman–Crippen MR) is 75.8 cm³/mol. The Morgan fingerprint density at radius 3 is 2.29 bits per heavy atom. The van der Waals surface area contributed by atoms with Crippen LogP contribution in [-0.4, -0.2) is 29.2 Å². The third-order valence-corrected chi connectivity index (χ3v) is 3.10. The minimum Gasteiger partial charge on any atom is -0.338 e. The Morgan fingerprint density at radius 2 is 1.82 bits per heavy atom. The average molecular weight is 298 g/mol. The molecule has 3 heteroatoms. The van der Waals surface area contributed by atoms with Gasteiger partial charge < -0.3 is 4.90 Å². The van der Waals surface area contributed by atoms with Gasteiger partial charge in [0.25, 0.3) is 5.91 Å². The molecule has 0 unspecified atom stereocenters. The van der Waals surface area contributed by atoms with Crippen LogP contribution in [0, 0.1) is 0 Å². The van der Waals surface area contributed by atoms with E-state index in [-0.39, 0.29) is 5.91 Å². The van der Waals surface area contributed by atoms with Crippen molar-refractivity contribution in [3.05, 3.63) is 35.4 Å². The molecule has 1 rings (SSSR count). The van der Waals surface area contributed by atoms with Gasteiger partial charge in [-0.1, -0.05) is 41.9 Å². The fourth-order valence-corrected chi connectivity index (χ4v) is 2.18. The smallest absolute Gasteiger partial charge is 0.253 e. The maximum absolute atomic E-state index is 12.2. The van der Waals surface area contributed by atoms with E-state index in [9.17, 15) is 4.79 Å². The zero-order valence-corrected chi connectivity index (χ0v) is 12.2. The van der Waals surface area contributed by atoms with E-state index in [1.165, 1.54) is 5.56 Å². The van der Waals surface area contributed by atoms with Crippen molar-refractivity contribution in [2.24, 2.45) is 0 Å². The number of carbonyl (C=O) groups excluding carboxylic acids is 1. The number of hydrogen-bond donors (Lipinski definition) is 0. The molecule has 1 aromatic carbocycles. The molecule has 0 N–H and O–H groups in total. The molecule has 0 aliphatic carbocycles. The minimum absolute atomic E-state index is 0.133. The van der Waals surface area contributed by atoms with Crippen LogP contribution in [0.5, 0.6) is 0 Å². The van der Waals surface area contributed by atoms with Crippen LogP contribution in [-0.2, 0) is 6.42 Å². The Bertz CT molecular complexity index is 342.